The average molecular weight is 286 g/mol. The van der Waals surface area contributed by atoms with Crippen LogP contribution < -0.4 is 10.6 Å². The Morgan fingerprint density at radius 2 is 2.21 bits per heavy atom. The molecule has 2 N–H and O–H groups in total. The lowest BCUT2D eigenvalue weighted by Gasteiger charge is -2.29. The van der Waals surface area contributed by atoms with Gasteiger partial charge in [-0.1, -0.05) is 11.6 Å². The predicted octanol–water partition coefficient (Wildman–Crippen LogP) is 2.12. The molecule has 0 saturated carbocycles. The molecule has 104 valence electrons. The maximum Gasteiger partial charge on any atom is 0.244 e. The number of hydrogen-bond acceptors (Lipinski definition) is 3. The SMILES string of the molecule is CN(C)C(=O)C1CCCN1c1cc(Cl)c(F)cc1N. The number of hydrogen-bond donors (Lipinski definition) is 1. The van der Waals surface area contributed by atoms with E-state index in [9.17, 15) is 9.18 Å². The van der Waals surface area contributed by atoms with Crippen molar-refractivity contribution in [2.45, 2.75) is 18.9 Å². The van der Waals surface area contributed by atoms with Gasteiger partial charge in [-0.3, -0.25) is 4.79 Å². The van der Waals surface area contributed by atoms with Gasteiger partial charge in [0.2, 0.25) is 5.91 Å². The molecule has 1 heterocycles. The summed E-state index contributed by atoms with van der Waals surface area (Å²) in [5.74, 6) is -0.519. The molecule has 1 aliphatic rings. The molecule has 0 aliphatic carbocycles. The summed E-state index contributed by atoms with van der Waals surface area (Å²) in [5, 5.41) is 0.0205. The molecular weight excluding hydrogens is 269 g/mol. The summed E-state index contributed by atoms with van der Waals surface area (Å²) >= 11 is 5.80. The van der Waals surface area contributed by atoms with E-state index >= 15 is 0 Å². The van der Waals surface area contributed by atoms with Gasteiger partial charge in [0, 0.05) is 26.7 Å². The Morgan fingerprint density at radius 1 is 1.53 bits per heavy atom. The van der Waals surface area contributed by atoms with Gasteiger partial charge in [-0.2, -0.15) is 0 Å². The molecule has 1 amide bonds. The fourth-order valence-electron chi connectivity index (χ4n) is 2.41. The van der Waals surface area contributed by atoms with Crippen molar-refractivity contribution < 1.29 is 9.18 Å². The van der Waals surface area contributed by atoms with Gasteiger partial charge >= 0.3 is 0 Å². The number of nitrogens with two attached hydrogens (primary N) is 1. The Kier molecular flexibility index (Phi) is 3.85. The van der Waals surface area contributed by atoms with Crippen LogP contribution in [0.1, 0.15) is 12.8 Å². The van der Waals surface area contributed by atoms with Crippen LogP contribution in [0.15, 0.2) is 12.1 Å². The topological polar surface area (TPSA) is 49.6 Å². The number of nitrogen functional groups attached to an aromatic ring is 1. The van der Waals surface area contributed by atoms with E-state index in [0.29, 0.717) is 11.4 Å². The van der Waals surface area contributed by atoms with Crippen LogP contribution >= 0.6 is 11.6 Å². The van der Waals surface area contributed by atoms with E-state index < -0.39 is 5.82 Å². The third kappa shape index (κ3) is 2.61. The first-order chi connectivity index (χ1) is 8.91. The second-order valence-corrected chi connectivity index (χ2v) is 5.32. The molecular formula is C13H17ClFN3O. The number of nitrogens with zero attached hydrogens (tertiary/aromatic N) is 2. The molecule has 0 bridgehead atoms. The van der Waals surface area contributed by atoms with E-state index in [1.807, 2.05) is 4.90 Å². The van der Waals surface area contributed by atoms with E-state index in [2.05, 4.69) is 0 Å². The highest BCUT2D eigenvalue weighted by atomic mass is 35.5. The van der Waals surface area contributed by atoms with Crippen molar-refractivity contribution in [2.24, 2.45) is 0 Å². The minimum atomic E-state index is -0.544. The van der Waals surface area contributed by atoms with E-state index in [-0.39, 0.29) is 17.0 Å². The largest absolute Gasteiger partial charge is 0.397 e. The quantitative estimate of drug-likeness (QED) is 0.847. The molecule has 1 atom stereocenters. The lowest BCUT2D eigenvalue weighted by atomic mass is 10.1. The van der Waals surface area contributed by atoms with Gasteiger partial charge in [-0.05, 0) is 18.9 Å². The third-order valence-corrected chi connectivity index (χ3v) is 3.65. The highest BCUT2D eigenvalue weighted by Crippen LogP contribution is 2.34. The first kappa shape index (κ1) is 13.9. The maximum atomic E-state index is 13.3. The van der Waals surface area contributed by atoms with Crippen LogP contribution in [0, 0.1) is 5.82 Å². The van der Waals surface area contributed by atoms with E-state index in [1.54, 1.807) is 19.0 Å². The molecule has 0 radical (unpaired) electrons. The highest BCUT2D eigenvalue weighted by Gasteiger charge is 2.33. The van der Waals surface area contributed by atoms with Crippen LogP contribution in [-0.2, 0) is 4.79 Å². The van der Waals surface area contributed by atoms with Gasteiger partial charge in [-0.25, -0.2) is 4.39 Å². The summed E-state index contributed by atoms with van der Waals surface area (Å²) in [6.45, 7) is 0.719. The molecule has 4 nitrogen and oxygen atoms in total. The van der Waals surface area contributed by atoms with Gasteiger partial charge in [-0.15, -0.1) is 0 Å². The van der Waals surface area contributed by atoms with E-state index in [0.717, 1.165) is 19.4 Å². The minimum Gasteiger partial charge on any atom is -0.397 e. The number of halogens is 2. The van der Waals surface area contributed by atoms with Crippen LogP contribution in [0.25, 0.3) is 0 Å². The maximum absolute atomic E-state index is 13.3. The second kappa shape index (κ2) is 5.25. The molecule has 0 spiro atoms. The summed E-state index contributed by atoms with van der Waals surface area (Å²) in [7, 11) is 3.44. The summed E-state index contributed by atoms with van der Waals surface area (Å²) in [4.78, 5) is 15.6. The van der Waals surface area contributed by atoms with Crippen LogP contribution in [0.3, 0.4) is 0 Å². The van der Waals surface area contributed by atoms with Crippen LogP contribution in [0.2, 0.25) is 5.02 Å². The smallest absolute Gasteiger partial charge is 0.244 e. The predicted molar refractivity (Wildman–Crippen MR) is 74.9 cm³/mol. The summed E-state index contributed by atoms with van der Waals surface area (Å²) in [5.41, 5.74) is 6.78. The van der Waals surface area contributed by atoms with Gasteiger partial charge < -0.3 is 15.5 Å². The number of rotatable bonds is 2. The van der Waals surface area contributed by atoms with Gasteiger partial charge in [0.05, 0.1) is 16.4 Å². The molecule has 1 aromatic carbocycles. The molecule has 0 aromatic heterocycles. The summed E-state index contributed by atoms with van der Waals surface area (Å²) in [6, 6.07) is 2.44. The van der Waals surface area contributed by atoms with Crippen LogP contribution in [-0.4, -0.2) is 37.5 Å². The second-order valence-electron chi connectivity index (χ2n) is 4.91. The Bertz CT molecular complexity index is 507. The Labute approximate surface area is 116 Å². The van der Waals surface area contributed by atoms with Crippen LogP contribution in [0.4, 0.5) is 15.8 Å². The Hall–Kier alpha value is -1.49. The lowest BCUT2D eigenvalue weighted by molar-refractivity contribution is -0.129. The number of amides is 1. The molecule has 1 aliphatic heterocycles. The molecule has 6 heteroatoms. The zero-order valence-corrected chi connectivity index (χ0v) is 11.7. The molecule has 1 unspecified atom stereocenters. The van der Waals surface area contributed by atoms with Gasteiger partial charge in [0.15, 0.2) is 0 Å². The number of likely N-dealkylation sites (N-methyl/N-ethyl adjacent to an activating group) is 1. The first-order valence-electron chi connectivity index (χ1n) is 6.14. The number of carbonyl (C=O) groups is 1. The zero-order chi connectivity index (χ0) is 14.2. The fraction of sp³-hybridized carbons (Fsp3) is 0.462. The molecule has 1 aromatic rings. The van der Waals surface area contributed by atoms with Gasteiger partial charge in [0.25, 0.3) is 0 Å². The van der Waals surface area contributed by atoms with E-state index in [4.69, 9.17) is 17.3 Å². The Morgan fingerprint density at radius 3 is 2.84 bits per heavy atom. The fourth-order valence-corrected chi connectivity index (χ4v) is 2.57. The Balaban J connectivity index is 2.35. The summed E-state index contributed by atoms with van der Waals surface area (Å²) < 4.78 is 13.3. The van der Waals surface area contributed by atoms with E-state index in [1.165, 1.54) is 12.1 Å². The lowest BCUT2D eigenvalue weighted by Crippen LogP contribution is -2.43. The highest BCUT2D eigenvalue weighted by molar-refractivity contribution is 6.31. The molecule has 19 heavy (non-hydrogen) atoms. The molecule has 1 fully saturated rings. The summed E-state index contributed by atoms with van der Waals surface area (Å²) in [6.07, 6.45) is 1.67. The van der Waals surface area contributed by atoms with Crippen molar-refractivity contribution in [1.29, 1.82) is 0 Å². The third-order valence-electron chi connectivity index (χ3n) is 3.36. The average Bonchev–Trinajstić information content (AvgIpc) is 2.81. The number of benzene rings is 1. The normalized spacial score (nSPS) is 18.7. The minimum absolute atomic E-state index is 0.0205. The van der Waals surface area contributed by atoms with Crippen LogP contribution in [0.5, 0.6) is 0 Å². The van der Waals surface area contributed by atoms with Crippen molar-refractivity contribution in [3.8, 4) is 0 Å². The number of carbonyl (C=O) groups excluding carboxylic acids is 1. The number of anilines is 2. The van der Waals surface area contributed by atoms with Crippen molar-refractivity contribution in [1.82, 2.24) is 4.90 Å². The first-order valence-corrected chi connectivity index (χ1v) is 6.52. The van der Waals surface area contributed by atoms with Gasteiger partial charge in [0.1, 0.15) is 11.9 Å². The molecule has 2 rings (SSSR count). The monoisotopic (exact) mass is 285 g/mol. The standard InChI is InChI=1S/C13H17ClFN3O/c1-17(2)13(19)11-4-3-5-18(11)12-6-8(14)9(15)7-10(12)16/h6-7,11H,3-5,16H2,1-2H3. The molecule has 1 saturated heterocycles. The van der Waals surface area contributed by atoms with Crippen molar-refractivity contribution >= 4 is 28.9 Å². The van der Waals surface area contributed by atoms with Crippen molar-refractivity contribution in [3.05, 3.63) is 23.0 Å². The van der Waals surface area contributed by atoms with Crippen molar-refractivity contribution in [2.75, 3.05) is 31.3 Å². The zero-order valence-electron chi connectivity index (χ0n) is 11.0. The van der Waals surface area contributed by atoms with Crippen molar-refractivity contribution in [3.63, 3.8) is 0 Å².